The van der Waals surface area contributed by atoms with Crippen molar-refractivity contribution in [3.63, 3.8) is 0 Å². The van der Waals surface area contributed by atoms with Gasteiger partial charge in [-0.25, -0.2) is 13.4 Å². The molecule has 2 aromatic rings. The van der Waals surface area contributed by atoms with Gasteiger partial charge in [0.1, 0.15) is 0 Å². The SMILES string of the molecule is CC(=O)N1CCc2cc(Br)c(S(=O)(=O)N[C@@H](C)C(=O)NCc3cscn3)cc21. The van der Waals surface area contributed by atoms with Gasteiger partial charge >= 0.3 is 0 Å². The highest BCUT2D eigenvalue weighted by molar-refractivity contribution is 9.10. The maximum atomic E-state index is 12.8. The van der Waals surface area contributed by atoms with Crippen LogP contribution in [0, 0.1) is 0 Å². The molecule has 0 spiro atoms. The highest BCUT2D eigenvalue weighted by atomic mass is 79.9. The number of thiazole rings is 1. The summed E-state index contributed by atoms with van der Waals surface area (Å²) in [6.07, 6.45) is 0.663. The molecular formula is C17H19BrN4O4S2. The molecule has 2 heterocycles. The fourth-order valence-electron chi connectivity index (χ4n) is 2.93. The molecule has 0 saturated heterocycles. The van der Waals surface area contributed by atoms with Crippen molar-refractivity contribution in [1.29, 1.82) is 0 Å². The van der Waals surface area contributed by atoms with E-state index in [9.17, 15) is 18.0 Å². The number of hydrogen-bond acceptors (Lipinski definition) is 6. The van der Waals surface area contributed by atoms with Crippen LogP contribution < -0.4 is 14.9 Å². The Morgan fingerprint density at radius 3 is 2.79 bits per heavy atom. The molecule has 2 amide bonds. The minimum atomic E-state index is -3.99. The molecule has 28 heavy (non-hydrogen) atoms. The summed E-state index contributed by atoms with van der Waals surface area (Å²) in [5, 5.41) is 4.45. The number of sulfonamides is 1. The Hall–Kier alpha value is -1.82. The smallest absolute Gasteiger partial charge is 0.242 e. The number of benzene rings is 1. The summed E-state index contributed by atoms with van der Waals surface area (Å²) >= 11 is 4.71. The molecule has 1 aromatic heterocycles. The quantitative estimate of drug-likeness (QED) is 0.646. The van der Waals surface area contributed by atoms with Crippen LogP contribution in [0.2, 0.25) is 0 Å². The number of amides is 2. The number of carbonyl (C=O) groups excluding carboxylic acids is 2. The second kappa shape index (κ2) is 8.27. The Balaban J connectivity index is 1.76. The molecule has 150 valence electrons. The maximum absolute atomic E-state index is 12.8. The Bertz CT molecular complexity index is 1010. The van der Waals surface area contributed by atoms with Gasteiger partial charge in [0.25, 0.3) is 0 Å². The first-order chi connectivity index (χ1) is 13.2. The lowest BCUT2D eigenvalue weighted by molar-refractivity contribution is -0.122. The highest BCUT2D eigenvalue weighted by Crippen LogP contribution is 2.35. The monoisotopic (exact) mass is 486 g/mol. The van der Waals surface area contributed by atoms with Crippen molar-refractivity contribution in [3.05, 3.63) is 38.8 Å². The van der Waals surface area contributed by atoms with Crippen molar-refractivity contribution in [2.75, 3.05) is 11.4 Å². The van der Waals surface area contributed by atoms with Crippen LogP contribution in [0.3, 0.4) is 0 Å². The highest BCUT2D eigenvalue weighted by Gasteiger charge is 2.29. The lowest BCUT2D eigenvalue weighted by Crippen LogP contribution is -2.44. The molecule has 11 heteroatoms. The average molecular weight is 487 g/mol. The number of rotatable bonds is 6. The first-order valence-electron chi connectivity index (χ1n) is 8.46. The lowest BCUT2D eigenvalue weighted by atomic mass is 10.2. The van der Waals surface area contributed by atoms with E-state index in [-0.39, 0.29) is 17.3 Å². The molecule has 0 aliphatic carbocycles. The zero-order valence-corrected chi connectivity index (χ0v) is 18.4. The van der Waals surface area contributed by atoms with Gasteiger partial charge in [-0.1, -0.05) is 0 Å². The van der Waals surface area contributed by atoms with E-state index in [1.54, 1.807) is 21.9 Å². The summed E-state index contributed by atoms with van der Waals surface area (Å²) in [6, 6.07) is 2.20. The molecule has 1 aromatic carbocycles. The third-order valence-electron chi connectivity index (χ3n) is 4.35. The van der Waals surface area contributed by atoms with Gasteiger partial charge in [0.05, 0.1) is 28.7 Å². The first-order valence-corrected chi connectivity index (χ1v) is 11.7. The summed E-state index contributed by atoms with van der Waals surface area (Å²) in [5.41, 5.74) is 3.84. The van der Waals surface area contributed by atoms with E-state index in [1.165, 1.54) is 31.3 Å². The van der Waals surface area contributed by atoms with Gasteiger partial charge in [0.15, 0.2) is 0 Å². The summed E-state index contributed by atoms with van der Waals surface area (Å²) in [4.78, 5) is 29.6. The van der Waals surface area contributed by atoms with Crippen LogP contribution >= 0.6 is 27.3 Å². The number of nitrogens with zero attached hydrogens (tertiary/aromatic N) is 2. The molecule has 0 fully saturated rings. The van der Waals surface area contributed by atoms with Gasteiger partial charge < -0.3 is 10.2 Å². The summed E-state index contributed by atoms with van der Waals surface area (Å²) < 4.78 is 28.5. The van der Waals surface area contributed by atoms with Gasteiger partial charge in [-0.2, -0.15) is 4.72 Å². The molecule has 8 nitrogen and oxygen atoms in total. The molecule has 0 saturated carbocycles. The van der Waals surface area contributed by atoms with Crippen LogP contribution in [-0.4, -0.2) is 37.8 Å². The molecule has 1 atom stereocenters. The summed E-state index contributed by atoms with van der Waals surface area (Å²) in [5.74, 6) is -0.605. The van der Waals surface area contributed by atoms with E-state index < -0.39 is 22.0 Å². The Labute approximate surface area is 175 Å². The average Bonchev–Trinajstić information content (AvgIpc) is 3.27. The third kappa shape index (κ3) is 4.43. The van der Waals surface area contributed by atoms with Crippen LogP contribution in [0.5, 0.6) is 0 Å². The van der Waals surface area contributed by atoms with Crippen LogP contribution in [0.1, 0.15) is 25.1 Å². The fraction of sp³-hybridized carbons (Fsp3) is 0.353. The zero-order valence-electron chi connectivity index (χ0n) is 15.2. The van der Waals surface area contributed by atoms with Crippen LogP contribution in [-0.2, 0) is 32.6 Å². The van der Waals surface area contributed by atoms with Crippen molar-refractivity contribution in [1.82, 2.24) is 15.0 Å². The van der Waals surface area contributed by atoms with Crippen molar-refractivity contribution in [2.45, 2.75) is 37.8 Å². The Morgan fingerprint density at radius 2 is 2.14 bits per heavy atom. The number of hydrogen-bond donors (Lipinski definition) is 2. The van der Waals surface area contributed by atoms with Gasteiger partial charge in [-0.15, -0.1) is 11.3 Å². The van der Waals surface area contributed by atoms with Crippen molar-refractivity contribution in [2.24, 2.45) is 0 Å². The fourth-order valence-corrected chi connectivity index (χ4v) is 5.80. The van der Waals surface area contributed by atoms with Gasteiger partial charge in [0, 0.05) is 29.0 Å². The second-order valence-electron chi connectivity index (χ2n) is 6.37. The topological polar surface area (TPSA) is 108 Å². The third-order valence-corrected chi connectivity index (χ3v) is 7.49. The van der Waals surface area contributed by atoms with Crippen molar-refractivity contribution < 1.29 is 18.0 Å². The molecule has 1 aliphatic heterocycles. The van der Waals surface area contributed by atoms with E-state index >= 15 is 0 Å². The second-order valence-corrected chi connectivity index (χ2v) is 9.63. The normalized spacial score (nSPS) is 14.6. The number of aromatic nitrogens is 1. The van der Waals surface area contributed by atoms with Gasteiger partial charge in [-0.3, -0.25) is 9.59 Å². The molecule has 1 aliphatic rings. The van der Waals surface area contributed by atoms with Crippen LogP contribution in [0.25, 0.3) is 0 Å². The van der Waals surface area contributed by atoms with E-state index in [4.69, 9.17) is 0 Å². The Morgan fingerprint density at radius 1 is 1.39 bits per heavy atom. The number of fused-ring (bicyclic) bond motifs is 1. The zero-order chi connectivity index (χ0) is 20.5. The van der Waals surface area contributed by atoms with Crippen molar-refractivity contribution in [3.8, 4) is 0 Å². The molecule has 3 rings (SSSR count). The van der Waals surface area contributed by atoms with Gasteiger partial charge in [0.2, 0.25) is 21.8 Å². The predicted octanol–water partition coefficient (Wildman–Crippen LogP) is 1.80. The molecule has 0 bridgehead atoms. The van der Waals surface area contributed by atoms with Crippen molar-refractivity contribution >= 4 is 54.8 Å². The molecule has 0 unspecified atom stereocenters. The number of nitrogens with one attached hydrogen (secondary N) is 2. The van der Waals surface area contributed by atoms with Gasteiger partial charge in [-0.05, 0) is 47.0 Å². The largest absolute Gasteiger partial charge is 0.349 e. The first kappa shape index (κ1) is 20.9. The van der Waals surface area contributed by atoms with E-state index in [0.717, 1.165) is 5.56 Å². The Kier molecular flexibility index (Phi) is 6.18. The predicted molar refractivity (Wildman–Crippen MR) is 110 cm³/mol. The number of carbonyl (C=O) groups is 2. The van der Waals surface area contributed by atoms with E-state index in [0.29, 0.717) is 28.8 Å². The number of halogens is 1. The summed E-state index contributed by atoms with van der Waals surface area (Å²) in [6.45, 7) is 3.66. The summed E-state index contributed by atoms with van der Waals surface area (Å²) in [7, 11) is -3.99. The minimum Gasteiger partial charge on any atom is -0.349 e. The van der Waals surface area contributed by atoms with E-state index in [1.807, 2.05) is 0 Å². The van der Waals surface area contributed by atoms with E-state index in [2.05, 4.69) is 31.0 Å². The maximum Gasteiger partial charge on any atom is 0.242 e. The molecular weight excluding hydrogens is 468 g/mol. The lowest BCUT2D eigenvalue weighted by Gasteiger charge is -2.18. The number of anilines is 1. The molecule has 2 N–H and O–H groups in total. The van der Waals surface area contributed by atoms with Crippen LogP contribution in [0.15, 0.2) is 32.4 Å². The van der Waals surface area contributed by atoms with Crippen LogP contribution in [0.4, 0.5) is 5.69 Å². The molecule has 0 radical (unpaired) electrons. The standard InChI is InChI=1S/C17H19BrN4O4S2/c1-10(17(24)19-7-13-8-27-9-20-13)21-28(25,26)16-6-15-12(5-14(16)18)3-4-22(15)11(2)23/h5-6,8-10,21H,3-4,7H2,1-2H3,(H,19,24)/t10-/m0/s1. The minimum absolute atomic E-state index is 0.0152.